The molecule has 3 heterocycles. The van der Waals surface area contributed by atoms with E-state index in [1.165, 1.54) is 0 Å². The fourth-order valence-corrected chi connectivity index (χ4v) is 2.51. The first-order chi connectivity index (χ1) is 9.75. The molecule has 2 aromatic heterocycles. The molecule has 1 fully saturated rings. The van der Waals surface area contributed by atoms with Crippen molar-refractivity contribution in [3.05, 3.63) is 30.1 Å². The third-order valence-electron chi connectivity index (χ3n) is 3.63. The third-order valence-corrected chi connectivity index (χ3v) is 3.63. The van der Waals surface area contributed by atoms with E-state index < -0.39 is 5.97 Å². The number of ether oxygens (including phenoxy) is 1. The predicted octanol–water partition coefficient (Wildman–Crippen LogP) is 1.87. The van der Waals surface area contributed by atoms with Gasteiger partial charge < -0.3 is 15.2 Å². The fourth-order valence-electron chi connectivity index (χ4n) is 2.51. The normalized spacial score (nSPS) is 16.4. The molecule has 1 aliphatic heterocycles. The van der Waals surface area contributed by atoms with Crippen molar-refractivity contribution < 1.29 is 14.6 Å². The van der Waals surface area contributed by atoms with E-state index in [0.29, 0.717) is 17.4 Å². The summed E-state index contributed by atoms with van der Waals surface area (Å²) in [7, 11) is 0. The monoisotopic (exact) mass is 275 g/mol. The molecule has 0 atom stereocenters. The minimum absolute atomic E-state index is 0.188. The van der Waals surface area contributed by atoms with Crippen LogP contribution in [0, 0.1) is 5.92 Å². The molecular weight excluding hydrogens is 258 g/mol. The van der Waals surface area contributed by atoms with Gasteiger partial charge in [0.2, 0.25) is 0 Å². The molecule has 2 N–H and O–H groups in total. The molecule has 0 unspecified atom stereocenters. The van der Waals surface area contributed by atoms with E-state index >= 15 is 0 Å². The van der Waals surface area contributed by atoms with Crippen LogP contribution in [0.3, 0.4) is 0 Å². The van der Waals surface area contributed by atoms with Crippen LogP contribution < -0.4 is 5.32 Å². The Hall–Kier alpha value is -2.08. The molecular formula is C14H17N3O3. The van der Waals surface area contributed by atoms with Crippen molar-refractivity contribution in [3.63, 3.8) is 0 Å². The zero-order valence-electron chi connectivity index (χ0n) is 11.1. The number of nitrogens with zero attached hydrogens (tertiary/aromatic N) is 2. The number of carboxylic acid groups (broad SMARTS) is 1. The summed E-state index contributed by atoms with van der Waals surface area (Å²) in [6.07, 6.45) is 3.72. The van der Waals surface area contributed by atoms with E-state index in [4.69, 9.17) is 4.74 Å². The van der Waals surface area contributed by atoms with Crippen molar-refractivity contribution in [2.75, 3.05) is 25.1 Å². The van der Waals surface area contributed by atoms with E-state index in [1.54, 1.807) is 22.7 Å². The van der Waals surface area contributed by atoms with Gasteiger partial charge >= 0.3 is 5.97 Å². The van der Waals surface area contributed by atoms with Gasteiger partial charge in [-0.05, 0) is 30.9 Å². The van der Waals surface area contributed by atoms with E-state index in [0.717, 1.165) is 32.6 Å². The Kier molecular flexibility index (Phi) is 3.56. The first-order valence-electron chi connectivity index (χ1n) is 6.77. The fraction of sp³-hybridized carbons (Fsp3) is 0.429. The van der Waals surface area contributed by atoms with E-state index in [2.05, 4.69) is 10.3 Å². The number of anilines is 1. The molecule has 6 nitrogen and oxygen atoms in total. The summed E-state index contributed by atoms with van der Waals surface area (Å²) in [5, 5.41) is 12.6. The molecule has 20 heavy (non-hydrogen) atoms. The van der Waals surface area contributed by atoms with Crippen LogP contribution in [-0.4, -0.2) is 40.2 Å². The maximum absolute atomic E-state index is 11.4. The van der Waals surface area contributed by atoms with Gasteiger partial charge in [-0.2, -0.15) is 0 Å². The molecule has 2 aromatic rings. The van der Waals surface area contributed by atoms with E-state index in [-0.39, 0.29) is 5.69 Å². The predicted molar refractivity (Wildman–Crippen MR) is 74.2 cm³/mol. The summed E-state index contributed by atoms with van der Waals surface area (Å²) in [6, 6.07) is 5.44. The molecule has 1 saturated heterocycles. The minimum atomic E-state index is -0.974. The summed E-state index contributed by atoms with van der Waals surface area (Å²) in [5.41, 5.74) is 0.826. The van der Waals surface area contributed by atoms with Gasteiger partial charge in [-0.15, -0.1) is 0 Å². The number of rotatable bonds is 4. The summed E-state index contributed by atoms with van der Waals surface area (Å²) in [5.74, 6) is -0.0245. The Labute approximate surface area is 116 Å². The lowest BCUT2D eigenvalue weighted by Crippen LogP contribution is -2.23. The average Bonchev–Trinajstić information content (AvgIpc) is 2.84. The van der Waals surface area contributed by atoms with Crippen LogP contribution in [0.2, 0.25) is 0 Å². The Morgan fingerprint density at radius 3 is 3.00 bits per heavy atom. The van der Waals surface area contributed by atoms with Gasteiger partial charge in [-0.3, -0.25) is 4.40 Å². The average molecular weight is 275 g/mol. The van der Waals surface area contributed by atoms with Gasteiger partial charge in [-0.1, -0.05) is 6.07 Å². The summed E-state index contributed by atoms with van der Waals surface area (Å²) < 4.78 is 6.91. The van der Waals surface area contributed by atoms with Gasteiger partial charge in [0.25, 0.3) is 0 Å². The molecule has 0 aromatic carbocycles. The largest absolute Gasteiger partial charge is 0.476 e. The molecule has 106 valence electrons. The second kappa shape index (κ2) is 5.50. The second-order valence-electron chi connectivity index (χ2n) is 4.98. The van der Waals surface area contributed by atoms with Crippen LogP contribution in [0.25, 0.3) is 5.65 Å². The topological polar surface area (TPSA) is 75.9 Å². The lowest BCUT2D eigenvalue weighted by atomic mass is 10.0. The Morgan fingerprint density at radius 1 is 1.45 bits per heavy atom. The number of carbonyl (C=O) groups is 1. The zero-order chi connectivity index (χ0) is 13.9. The maximum Gasteiger partial charge on any atom is 0.356 e. The highest BCUT2D eigenvalue weighted by molar-refractivity contribution is 5.92. The number of imidazole rings is 1. The molecule has 0 radical (unpaired) electrons. The summed E-state index contributed by atoms with van der Waals surface area (Å²) >= 11 is 0. The zero-order valence-corrected chi connectivity index (χ0v) is 11.1. The summed E-state index contributed by atoms with van der Waals surface area (Å²) in [6.45, 7) is 2.29. The van der Waals surface area contributed by atoms with Gasteiger partial charge in [-0.25, -0.2) is 9.78 Å². The van der Waals surface area contributed by atoms with Gasteiger partial charge in [0, 0.05) is 26.0 Å². The van der Waals surface area contributed by atoms with Crippen molar-refractivity contribution in [1.82, 2.24) is 9.38 Å². The Bertz CT molecular complexity index is 617. The van der Waals surface area contributed by atoms with Crippen molar-refractivity contribution >= 4 is 17.4 Å². The number of hydrogen-bond acceptors (Lipinski definition) is 4. The molecule has 0 saturated carbocycles. The van der Waals surface area contributed by atoms with Crippen LogP contribution in [0.5, 0.6) is 0 Å². The molecule has 3 rings (SSSR count). The molecule has 0 amide bonds. The number of nitrogens with one attached hydrogen (secondary N) is 1. The smallest absolute Gasteiger partial charge is 0.356 e. The number of aromatic nitrogens is 2. The molecule has 0 aliphatic carbocycles. The van der Waals surface area contributed by atoms with Crippen molar-refractivity contribution in [1.29, 1.82) is 0 Å². The number of fused-ring (bicyclic) bond motifs is 1. The number of hydrogen-bond donors (Lipinski definition) is 2. The van der Waals surface area contributed by atoms with Crippen molar-refractivity contribution in [2.24, 2.45) is 5.92 Å². The van der Waals surface area contributed by atoms with Crippen LogP contribution in [0.4, 0.5) is 5.82 Å². The number of carboxylic acids is 1. The molecule has 0 spiro atoms. The Morgan fingerprint density at radius 2 is 2.25 bits per heavy atom. The van der Waals surface area contributed by atoms with Gasteiger partial charge in [0.1, 0.15) is 5.65 Å². The number of pyridine rings is 1. The third kappa shape index (κ3) is 2.46. The highest BCUT2D eigenvalue weighted by Gasteiger charge is 2.20. The molecule has 0 bridgehead atoms. The van der Waals surface area contributed by atoms with E-state index in [1.807, 2.05) is 6.07 Å². The van der Waals surface area contributed by atoms with Crippen molar-refractivity contribution in [3.8, 4) is 0 Å². The highest BCUT2D eigenvalue weighted by Crippen LogP contribution is 2.20. The second-order valence-corrected chi connectivity index (χ2v) is 4.98. The first-order valence-corrected chi connectivity index (χ1v) is 6.77. The van der Waals surface area contributed by atoms with Gasteiger partial charge in [0.15, 0.2) is 11.5 Å². The number of aromatic carboxylic acids is 1. The molecule has 6 heteroatoms. The lowest BCUT2D eigenvalue weighted by molar-refractivity contribution is 0.0684. The van der Waals surface area contributed by atoms with Crippen LogP contribution in [0.1, 0.15) is 23.3 Å². The van der Waals surface area contributed by atoms with Crippen LogP contribution in [-0.2, 0) is 4.74 Å². The van der Waals surface area contributed by atoms with Gasteiger partial charge in [0.05, 0.1) is 0 Å². The highest BCUT2D eigenvalue weighted by atomic mass is 16.5. The summed E-state index contributed by atoms with van der Waals surface area (Å²) in [4.78, 5) is 15.8. The minimum Gasteiger partial charge on any atom is -0.476 e. The standard InChI is InChI=1S/C14H17N3O3/c18-14(19)12-13(15-9-10-4-7-20-8-5-10)16-11-3-1-2-6-17(11)12/h1-3,6,10,15H,4-5,7-9H2,(H,18,19). The first kappa shape index (κ1) is 12.9. The van der Waals surface area contributed by atoms with Crippen LogP contribution >= 0.6 is 0 Å². The SMILES string of the molecule is O=C(O)c1c(NCC2CCOCC2)nc2ccccn12. The maximum atomic E-state index is 11.4. The lowest BCUT2D eigenvalue weighted by Gasteiger charge is -2.22. The quantitative estimate of drug-likeness (QED) is 0.891. The molecule has 1 aliphatic rings. The van der Waals surface area contributed by atoms with E-state index in [9.17, 15) is 9.90 Å². The van der Waals surface area contributed by atoms with Crippen molar-refractivity contribution in [2.45, 2.75) is 12.8 Å². The Balaban J connectivity index is 1.82. The van der Waals surface area contributed by atoms with Crippen LogP contribution in [0.15, 0.2) is 24.4 Å².